The second kappa shape index (κ2) is 2.00. The molecule has 0 fully saturated rings. The zero-order valence-electron chi connectivity index (χ0n) is 6.50. The normalized spacial score (nSPS) is 14.7. The van der Waals surface area contributed by atoms with E-state index in [0.717, 1.165) is 35.3 Å². The highest BCUT2D eigenvalue weighted by atomic mass is 16.5. The molecular weight excluding hydrogens is 152 g/mol. The van der Waals surface area contributed by atoms with Crippen LogP contribution in [0.2, 0.25) is 0 Å². The molecule has 0 saturated heterocycles. The molecule has 1 aliphatic heterocycles. The van der Waals surface area contributed by atoms with Crippen LogP contribution in [0.5, 0.6) is 0 Å². The molecule has 1 aliphatic rings. The van der Waals surface area contributed by atoms with Gasteiger partial charge in [-0.05, 0) is 12.1 Å². The predicted octanol–water partition coefficient (Wildman–Crippen LogP) is 1.80. The predicted molar refractivity (Wildman–Crippen MR) is 46.2 cm³/mol. The van der Waals surface area contributed by atoms with Crippen LogP contribution in [0.3, 0.4) is 0 Å². The fourth-order valence-electron chi connectivity index (χ4n) is 1.69. The van der Waals surface area contributed by atoms with Gasteiger partial charge in [0.05, 0.1) is 5.39 Å². The molecule has 0 radical (unpaired) electrons. The van der Waals surface area contributed by atoms with E-state index in [9.17, 15) is 0 Å². The Labute approximate surface area is 69.4 Å². The highest BCUT2D eigenvalue weighted by molar-refractivity contribution is 5.93. The Bertz CT molecular complexity index is 433. The van der Waals surface area contributed by atoms with Crippen molar-refractivity contribution in [2.45, 2.75) is 6.42 Å². The minimum atomic E-state index is 0.938. The fraction of sp³-hybridized carbons (Fsp3) is 0.222. The summed E-state index contributed by atoms with van der Waals surface area (Å²) >= 11 is 0. The number of aromatic nitrogens is 1. The maximum Gasteiger partial charge on any atom is 0.148 e. The molecule has 12 heavy (non-hydrogen) atoms. The van der Waals surface area contributed by atoms with Gasteiger partial charge in [-0.2, -0.15) is 0 Å². The van der Waals surface area contributed by atoms with Crippen LogP contribution in [-0.4, -0.2) is 11.7 Å². The van der Waals surface area contributed by atoms with E-state index in [-0.39, 0.29) is 0 Å². The maximum absolute atomic E-state index is 5.21. The molecule has 0 amide bonds. The molecule has 1 N–H and O–H groups in total. The van der Waals surface area contributed by atoms with Crippen LogP contribution in [0.4, 0.5) is 5.69 Å². The summed E-state index contributed by atoms with van der Waals surface area (Å²) in [6, 6.07) is 6.02. The van der Waals surface area contributed by atoms with Gasteiger partial charge in [-0.1, -0.05) is 11.2 Å². The first-order valence-electron chi connectivity index (χ1n) is 4.06. The van der Waals surface area contributed by atoms with Gasteiger partial charge in [0.15, 0.2) is 0 Å². The van der Waals surface area contributed by atoms with E-state index in [0.29, 0.717) is 0 Å². The number of nitrogens with zero attached hydrogens (tertiary/aromatic N) is 1. The average molecular weight is 160 g/mol. The number of nitrogens with one attached hydrogen (secondary N) is 1. The Hall–Kier alpha value is -1.51. The van der Waals surface area contributed by atoms with Crippen LogP contribution in [0.25, 0.3) is 10.9 Å². The summed E-state index contributed by atoms with van der Waals surface area (Å²) in [6.45, 7) is 0.946. The molecule has 1 aromatic carbocycles. The zero-order valence-corrected chi connectivity index (χ0v) is 6.50. The molecule has 0 aliphatic carbocycles. The molecule has 0 spiro atoms. The van der Waals surface area contributed by atoms with Gasteiger partial charge in [-0.15, -0.1) is 0 Å². The van der Waals surface area contributed by atoms with Crippen molar-refractivity contribution in [3.8, 4) is 0 Å². The Morgan fingerprint density at radius 2 is 2.42 bits per heavy atom. The van der Waals surface area contributed by atoms with Crippen molar-refractivity contribution in [2.24, 2.45) is 0 Å². The largest absolute Gasteiger partial charge is 0.384 e. The number of anilines is 1. The Balaban J connectivity index is 2.50. The molecule has 0 atom stereocenters. The van der Waals surface area contributed by atoms with Gasteiger partial charge >= 0.3 is 0 Å². The lowest BCUT2D eigenvalue weighted by Crippen LogP contribution is -2.09. The van der Waals surface area contributed by atoms with Crippen molar-refractivity contribution < 1.29 is 4.52 Å². The highest BCUT2D eigenvalue weighted by Crippen LogP contribution is 2.29. The van der Waals surface area contributed by atoms with Crippen LogP contribution < -0.4 is 5.32 Å². The first kappa shape index (κ1) is 6.06. The standard InChI is InChI=1S/C9H8N2O/c1-2-6-9-7(3-1)11-12-8(9)4-5-10-6/h1-3,10H,4-5H2. The Kier molecular flexibility index (Phi) is 1.01. The summed E-state index contributed by atoms with van der Waals surface area (Å²) in [7, 11) is 0. The number of benzene rings is 1. The molecule has 2 aromatic rings. The number of rotatable bonds is 0. The van der Waals surface area contributed by atoms with Crippen molar-refractivity contribution >= 4 is 16.6 Å². The number of hydrogen-bond donors (Lipinski definition) is 1. The van der Waals surface area contributed by atoms with E-state index >= 15 is 0 Å². The van der Waals surface area contributed by atoms with E-state index in [2.05, 4.69) is 16.5 Å². The third kappa shape index (κ3) is 0.630. The van der Waals surface area contributed by atoms with E-state index in [1.165, 1.54) is 0 Å². The SMILES string of the molecule is c1cc2c3c(onc3c1)CCN2. The van der Waals surface area contributed by atoms with Gasteiger partial charge in [0.25, 0.3) is 0 Å². The van der Waals surface area contributed by atoms with Crippen LogP contribution in [-0.2, 0) is 6.42 Å². The fourth-order valence-corrected chi connectivity index (χ4v) is 1.69. The zero-order chi connectivity index (χ0) is 7.97. The van der Waals surface area contributed by atoms with Crippen LogP contribution >= 0.6 is 0 Å². The summed E-state index contributed by atoms with van der Waals surface area (Å²) in [6.07, 6.45) is 0.938. The Morgan fingerprint density at radius 3 is 3.42 bits per heavy atom. The van der Waals surface area contributed by atoms with Gasteiger partial charge in [0.2, 0.25) is 0 Å². The molecule has 2 heterocycles. The second-order valence-electron chi connectivity index (χ2n) is 2.98. The molecule has 3 rings (SSSR count). The van der Waals surface area contributed by atoms with Crippen molar-refractivity contribution in [2.75, 3.05) is 11.9 Å². The Morgan fingerprint density at radius 1 is 1.42 bits per heavy atom. The van der Waals surface area contributed by atoms with Crippen LogP contribution in [0.15, 0.2) is 22.7 Å². The summed E-state index contributed by atoms with van der Waals surface area (Å²) < 4.78 is 5.21. The summed E-state index contributed by atoms with van der Waals surface area (Å²) in [5, 5.41) is 8.44. The molecule has 1 aromatic heterocycles. The molecular formula is C9H8N2O. The van der Waals surface area contributed by atoms with E-state index in [1.54, 1.807) is 0 Å². The van der Waals surface area contributed by atoms with Crippen LogP contribution in [0.1, 0.15) is 5.76 Å². The molecule has 3 heteroatoms. The maximum atomic E-state index is 5.21. The average Bonchev–Trinajstić information content (AvgIpc) is 2.52. The van der Waals surface area contributed by atoms with Crippen molar-refractivity contribution in [1.82, 2.24) is 5.16 Å². The molecule has 0 bridgehead atoms. The lowest BCUT2D eigenvalue weighted by Gasteiger charge is -2.11. The summed E-state index contributed by atoms with van der Waals surface area (Å²) in [5.41, 5.74) is 2.10. The first-order valence-corrected chi connectivity index (χ1v) is 4.06. The van der Waals surface area contributed by atoms with Gasteiger partial charge in [0.1, 0.15) is 11.3 Å². The second-order valence-corrected chi connectivity index (χ2v) is 2.98. The van der Waals surface area contributed by atoms with E-state index in [1.807, 2.05) is 12.1 Å². The third-order valence-electron chi connectivity index (χ3n) is 2.24. The van der Waals surface area contributed by atoms with E-state index in [4.69, 9.17) is 4.52 Å². The van der Waals surface area contributed by atoms with Gasteiger partial charge in [-0.25, -0.2) is 0 Å². The molecule has 3 nitrogen and oxygen atoms in total. The smallest absolute Gasteiger partial charge is 0.148 e. The monoisotopic (exact) mass is 160 g/mol. The van der Waals surface area contributed by atoms with Crippen molar-refractivity contribution in [3.05, 3.63) is 24.0 Å². The van der Waals surface area contributed by atoms with Gasteiger partial charge < -0.3 is 9.84 Å². The van der Waals surface area contributed by atoms with Crippen LogP contribution in [0, 0.1) is 0 Å². The summed E-state index contributed by atoms with van der Waals surface area (Å²) in [5.74, 6) is 1.01. The topological polar surface area (TPSA) is 38.1 Å². The third-order valence-corrected chi connectivity index (χ3v) is 2.24. The van der Waals surface area contributed by atoms with E-state index < -0.39 is 0 Å². The highest BCUT2D eigenvalue weighted by Gasteiger charge is 2.15. The molecule has 0 unspecified atom stereocenters. The summed E-state index contributed by atoms with van der Waals surface area (Å²) in [4.78, 5) is 0. The minimum absolute atomic E-state index is 0.938. The quantitative estimate of drug-likeness (QED) is 0.638. The lowest BCUT2D eigenvalue weighted by molar-refractivity contribution is 0.392. The molecule has 60 valence electrons. The minimum Gasteiger partial charge on any atom is -0.384 e. The molecule has 0 saturated carbocycles. The first-order chi connectivity index (χ1) is 5.95. The van der Waals surface area contributed by atoms with Gasteiger partial charge in [-0.3, -0.25) is 0 Å². The van der Waals surface area contributed by atoms with Crippen molar-refractivity contribution in [1.29, 1.82) is 0 Å². The number of hydrogen-bond acceptors (Lipinski definition) is 3. The van der Waals surface area contributed by atoms with Crippen molar-refractivity contribution in [3.63, 3.8) is 0 Å². The van der Waals surface area contributed by atoms with Gasteiger partial charge in [0, 0.05) is 18.7 Å². The lowest BCUT2D eigenvalue weighted by atomic mass is 10.1.